The van der Waals surface area contributed by atoms with Crippen LogP contribution in [0, 0.1) is 0 Å². The third kappa shape index (κ3) is 3.39. The van der Waals surface area contributed by atoms with Crippen LogP contribution >= 0.6 is 11.6 Å². The fourth-order valence-electron chi connectivity index (χ4n) is 2.29. The fourth-order valence-corrected chi connectivity index (χ4v) is 2.48. The van der Waals surface area contributed by atoms with Crippen molar-refractivity contribution in [3.8, 4) is 0 Å². The number of nitrogens with zero attached hydrogens (tertiary/aromatic N) is 1. The minimum atomic E-state index is -0.462. The fraction of sp³-hybridized carbons (Fsp3) is 0.333. The molecule has 0 bridgehead atoms. The van der Waals surface area contributed by atoms with Crippen molar-refractivity contribution in [2.45, 2.75) is 18.9 Å². The Labute approximate surface area is 123 Å². The highest BCUT2D eigenvalue weighted by atomic mass is 35.5. The summed E-state index contributed by atoms with van der Waals surface area (Å²) in [6.45, 7) is 0.582. The van der Waals surface area contributed by atoms with Crippen molar-refractivity contribution in [3.63, 3.8) is 0 Å². The number of carbonyl (C=O) groups is 2. The lowest BCUT2D eigenvalue weighted by Gasteiger charge is -2.20. The summed E-state index contributed by atoms with van der Waals surface area (Å²) in [5.74, 6) is -0.537. The van der Waals surface area contributed by atoms with Gasteiger partial charge in [0.15, 0.2) is 0 Å². The molecule has 106 valence electrons. The zero-order chi connectivity index (χ0) is 14.5. The number of likely N-dealkylation sites (tertiary alicyclic amines) is 1. The molecule has 1 atom stereocenters. The Balaban J connectivity index is 2.06. The summed E-state index contributed by atoms with van der Waals surface area (Å²) in [6, 6.07) is 6.76. The minimum absolute atomic E-state index is 0.183. The number of esters is 1. The van der Waals surface area contributed by atoms with E-state index in [1.165, 1.54) is 13.2 Å². The molecule has 2 rings (SSSR count). The summed E-state index contributed by atoms with van der Waals surface area (Å²) in [4.78, 5) is 25.3. The van der Waals surface area contributed by atoms with Gasteiger partial charge in [-0.25, -0.2) is 4.79 Å². The van der Waals surface area contributed by atoms with Crippen LogP contribution in [0.4, 0.5) is 0 Å². The SMILES string of the molecule is COC(=O)C1CCCN1C(=O)/C=C/c1cccc(Cl)c1. The lowest BCUT2D eigenvalue weighted by molar-refractivity contribution is -0.149. The van der Waals surface area contributed by atoms with E-state index in [1.54, 1.807) is 23.1 Å². The van der Waals surface area contributed by atoms with Gasteiger partial charge in [-0.3, -0.25) is 4.79 Å². The van der Waals surface area contributed by atoms with E-state index in [0.717, 1.165) is 12.0 Å². The molecule has 0 aliphatic carbocycles. The Hall–Kier alpha value is -1.81. The average molecular weight is 294 g/mol. The number of methoxy groups -OCH3 is 1. The molecule has 0 saturated carbocycles. The number of amides is 1. The van der Waals surface area contributed by atoms with Gasteiger partial charge < -0.3 is 9.64 Å². The van der Waals surface area contributed by atoms with E-state index in [2.05, 4.69) is 0 Å². The van der Waals surface area contributed by atoms with Gasteiger partial charge in [-0.2, -0.15) is 0 Å². The standard InChI is InChI=1S/C15H16ClNO3/c1-20-15(19)13-6-3-9-17(13)14(18)8-7-11-4-2-5-12(16)10-11/h2,4-5,7-8,10,13H,3,6,9H2,1H3/b8-7+. The molecular weight excluding hydrogens is 278 g/mol. The highest BCUT2D eigenvalue weighted by Crippen LogP contribution is 2.19. The number of benzene rings is 1. The van der Waals surface area contributed by atoms with Crippen LogP contribution in [0.5, 0.6) is 0 Å². The predicted molar refractivity (Wildman–Crippen MR) is 77.2 cm³/mol. The molecule has 1 saturated heterocycles. The van der Waals surface area contributed by atoms with Crippen molar-refractivity contribution in [3.05, 3.63) is 40.9 Å². The number of halogens is 1. The molecule has 1 amide bonds. The van der Waals surface area contributed by atoms with E-state index in [4.69, 9.17) is 16.3 Å². The van der Waals surface area contributed by atoms with Crippen LogP contribution in [0.3, 0.4) is 0 Å². The van der Waals surface area contributed by atoms with E-state index in [9.17, 15) is 9.59 Å². The number of hydrogen-bond donors (Lipinski definition) is 0. The Morgan fingerprint density at radius 1 is 1.45 bits per heavy atom. The average Bonchev–Trinajstić information content (AvgIpc) is 2.93. The smallest absolute Gasteiger partial charge is 0.328 e. The zero-order valence-electron chi connectivity index (χ0n) is 11.2. The Morgan fingerprint density at radius 2 is 2.25 bits per heavy atom. The molecular formula is C15H16ClNO3. The van der Waals surface area contributed by atoms with Gasteiger partial charge >= 0.3 is 5.97 Å². The maximum Gasteiger partial charge on any atom is 0.328 e. The molecule has 1 heterocycles. The molecule has 20 heavy (non-hydrogen) atoms. The van der Waals surface area contributed by atoms with Crippen molar-refractivity contribution in [2.75, 3.05) is 13.7 Å². The summed E-state index contributed by atoms with van der Waals surface area (Å²) in [7, 11) is 1.34. The van der Waals surface area contributed by atoms with Gasteiger partial charge in [0.05, 0.1) is 7.11 Å². The Morgan fingerprint density at radius 3 is 2.95 bits per heavy atom. The molecule has 1 aromatic rings. The lowest BCUT2D eigenvalue weighted by atomic mass is 10.2. The zero-order valence-corrected chi connectivity index (χ0v) is 12.0. The van der Waals surface area contributed by atoms with E-state index < -0.39 is 6.04 Å². The third-order valence-electron chi connectivity index (χ3n) is 3.28. The number of ether oxygens (including phenoxy) is 1. The second kappa shape index (κ2) is 6.57. The number of hydrogen-bond acceptors (Lipinski definition) is 3. The second-order valence-electron chi connectivity index (χ2n) is 4.60. The molecule has 1 fully saturated rings. The molecule has 5 heteroatoms. The van der Waals surface area contributed by atoms with E-state index in [1.807, 2.05) is 12.1 Å². The Kier molecular flexibility index (Phi) is 4.79. The van der Waals surface area contributed by atoms with Gasteiger partial charge in [0, 0.05) is 17.6 Å². The maximum absolute atomic E-state index is 12.1. The first-order valence-electron chi connectivity index (χ1n) is 6.44. The van der Waals surface area contributed by atoms with Crippen molar-refractivity contribution >= 4 is 29.6 Å². The number of rotatable bonds is 3. The van der Waals surface area contributed by atoms with Crippen LogP contribution in [0.15, 0.2) is 30.3 Å². The van der Waals surface area contributed by atoms with Gasteiger partial charge in [-0.1, -0.05) is 23.7 Å². The molecule has 0 aromatic heterocycles. The van der Waals surface area contributed by atoms with Crippen LogP contribution in [-0.2, 0) is 14.3 Å². The van der Waals surface area contributed by atoms with Crippen LogP contribution < -0.4 is 0 Å². The summed E-state index contributed by atoms with van der Waals surface area (Å²) in [5.41, 5.74) is 0.847. The van der Waals surface area contributed by atoms with E-state index in [0.29, 0.717) is 18.0 Å². The monoisotopic (exact) mass is 293 g/mol. The first-order valence-corrected chi connectivity index (χ1v) is 6.81. The second-order valence-corrected chi connectivity index (χ2v) is 5.04. The molecule has 1 unspecified atom stereocenters. The van der Waals surface area contributed by atoms with Gasteiger partial charge in [-0.05, 0) is 36.6 Å². The molecule has 1 aliphatic heterocycles. The third-order valence-corrected chi connectivity index (χ3v) is 3.51. The highest BCUT2D eigenvalue weighted by molar-refractivity contribution is 6.30. The van der Waals surface area contributed by atoms with Crippen molar-refractivity contribution in [2.24, 2.45) is 0 Å². The highest BCUT2D eigenvalue weighted by Gasteiger charge is 2.33. The summed E-state index contributed by atoms with van der Waals surface area (Å²) >= 11 is 5.88. The van der Waals surface area contributed by atoms with Crippen LogP contribution in [-0.4, -0.2) is 36.5 Å². The summed E-state index contributed by atoms with van der Waals surface area (Å²) in [6.07, 6.45) is 4.63. The molecule has 0 N–H and O–H groups in total. The molecule has 1 aliphatic rings. The molecule has 0 spiro atoms. The van der Waals surface area contributed by atoms with Crippen LogP contribution in [0.2, 0.25) is 5.02 Å². The largest absolute Gasteiger partial charge is 0.467 e. The van der Waals surface area contributed by atoms with E-state index >= 15 is 0 Å². The van der Waals surface area contributed by atoms with Crippen LogP contribution in [0.25, 0.3) is 6.08 Å². The molecule has 4 nitrogen and oxygen atoms in total. The summed E-state index contributed by atoms with van der Waals surface area (Å²) < 4.78 is 4.72. The molecule has 1 aromatic carbocycles. The quantitative estimate of drug-likeness (QED) is 0.635. The number of carbonyl (C=O) groups excluding carboxylic acids is 2. The van der Waals surface area contributed by atoms with Gasteiger partial charge in [0.25, 0.3) is 0 Å². The van der Waals surface area contributed by atoms with Crippen molar-refractivity contribution in [1.29, 1.82) is 0 Å². The van der Waals surface area contributed by atoms with Crippen LogP contribution in [0.1, 0.15) is 18.4 Å². The summed E-state index contributed by atoms with van der Waals surface area (Å²) in [5, 5.41) is 0.619. The van der Waals surface area contributed by atoms with Gasteiger partial charge in [0.2, 0.25) is 5.91 Å². The van der Waals surface area contributed by atoms with Crippen molar-refractivity contribution < 1.29 is 14.3 Å². The normalized spacial score (nSPS) is 18.5. The first-order chi connectivity index (χ1) is 9.61. The minimum Gasteiger partial charge on any atom is -0.467 e. The maximum atomic E-state index is 12.1. The lowest BCUT2D eigenvalue weighted by Crippen LogP contribution is -2.40. The van der Waals surface area contributed by atoms with Gasteiger partial charge in [-0.15, -0.1) is 0 Å². The topological polar surface area (TPSA) is 46.6 Å². The van der Waals surface area contributed by atoms with E-state index in [-0.39, 0.29) is 11.9 Å². The Bertz CT molecular complexity index is 542. The first kappa shape index (κ1) is 14.6. The molecule has 0 radical (unpaired) electrons. The van der Waals surface area contributed by atoms with Gasteiger partial charge in [0.1, 0.15) is 6.04 Å². The van der Waals surface area contributed by atoms with Crippen molar-refractivity contribution in [1.82, 2.24) is 4.90 Å². The predicted octanol–water partition coefficient (Wildman–Crippen LogP) is 2.52.